The Hall–Kier alpha value is -6.69. The zero-order valence-electron chi connectivity index (χ0n) is 39.2. The van der Waals surface area contributed by atoms with Crippen LogP contribution in [0.4, 0.5) is 5.69 Å². The van der Waals surface area contributed by atoms with Crippen LogP contribution in [0.15, 0.2) is 65.5 Å². The summed E-state index contributed by atoms with van der Waals surface area (Å²) in [5.41, 5.74) is 7.69. The summed E-state index contributed by atoms with van der Waals surface area (Å²) in [4.78, 5) is 101. The maximum Gasteiger partial charge on any atom is 0.266 e. The Morgan fingerprint density at radius 3 is 2.29 bits per heavy atom. The second-order valence-electron chi connectivity index (χ2n) is 18.0. The number of H-pyrrole nitrogens is 1. The van der Waals surface area contributed by atoms with Gasteiger partial charge in [0.2, 0.25) is 17.7 Å². The number of anilines is 1. The lowest BCUT2D eigenvalue weighted by molar-refractivity contribution is -0.136. The molecule has 4 N–H and O–H groups in total. The van der Waals surface area contributed by atoms with Gasteiger partial charge in [0.15, 0.2) is 0 Å². The van der Waals surface area contributed by atoms with Crippen molar-refractivity contribution in [1.29, 1.82) is 0 Å². The number of aromatic amines is 1. The number of fused-ring (bicyclic) bond motifs is 1. The van der Waals surface area contributed by atoms with Gasteiger partial charge in [0.25, 0.3) is 23.3 Å². The number of carbonyl (C=O) groups is 6. The number of aromatic nitrogens is 1. The molecule has 17 nitrogen and oxygen atoms in total. The molecule has 4 aliphatic rings. The number of nitrogens with one attached hydrogen (secondary N) is 4. The Balaban J connectivity index is 0.838. The van der Waals surface area contributed by atoms with Crippen LogP contribution >= 0.6 is 0 Å². The second kappa shape index (κ2) is 21.1. The molecule has 8 rings (SSSR count). The predicted octanol–water partition coefficient (Wildman–Crippen LogP) is 3.62. The van der Waals surface area contributed by atoms with Crippen LogP contribution in [0.5, 0.6) is 5.75 Å². The van der Waals surface area contributed by atoms with Crippen molar-refractivity contribution in [2.75, 3.05) is 70.5 Å². The number of hydrogen-bond donors (Lipinski definition) is 4. The van der Waals surface area contributed by atoms with Gasteiger partial charge >= 0.3 is 0 Å². The summed E-state index contributed by atoms with van der Waals surface area (Å²) in [5.74, 6) is -2.60. The maximum absolute atomic E-state index is 14.0. The van der Waals surface area contributed by atoms with Crippen molar-refractivity contribution < 1.29 is 38.2 Å². The minimum atomic E-state index is -1.07. The summed E-state index contributed by atoms with van der Waals surface area (Å²) in [6, 6.07) is 18.4. The lowest BCUT2D eigenvalue weighted by Gasteiger charge is -2.37. The number of imide groups is 2. The molecule has 0 radical (unpaired) electrons. The average molecular weight is 929 g/mol. The van der Waals surface area contributed by atoms with Gasteiger partial charge in [-0.25, -0.2) is 0 Å². The van der Waals surface area contributed by atoms with Gasteiger partial charge in [0.1, 0.15) is 18.4 Å². The van der Waals surface area contributed by atoms with Crippen LogP contribution in [0.1, 0.15) is 91.6 Å². The fourth-order valence-electron chi connectivity index (χ4n) is 9.77. The lowest BCUT2D eigenvalue weighted by Crippen LogP contribution is -2.54. The molecule has 1 aromatic heterocycles. The van der Waals surface area contributed by atoms with E-state index in [2.05, 4.69) is 72.9 Å². The van der Waals surface area contributed by atoms with E-state index in [1.54, 1.807) is 12.1 Å². The van der Waals surface area contributed by atoms with Crippen molar-refractivity contribution in [2.24, 2.45) is 0 Å². The molecule has 1 atom stereocenters. The zero-order chi connectivity index (χ0) is 48.1. The largest absolute Gasteiger partial charge is 0.491 e. The van der Waals surface area contributed by atoms with Crippen LogP contribution in [0.25, 0.3) is 11.1 Å². The number of rotatable bonds is 16. The van der Waals surface area contributed by atoms with E-state index in [4.69, 9.17) is 9.47 Å². The average Bonchev–Trinajstić information content (AvgIpc) is 3.58. The molecule has 68 heavy (non-hydrogen) atoms. The SMILES string of the molecule is CCN(c1cc(-c2ccc(CN3CCN(CC(=O)NCCOc4cccc5c4C(=O)N(C4CCC(=O)NC4=O)C5=O)CC3)cc2)cc(C(=O)NCc2c(C)cc(C)[nH]c2=O)c1C)C1CCOCC1. The van der Waals surface area contributed by atoms with Crippen molar-refractivity contribution in [3.8, 4) is 16.9 Å². The number of pyridine rings is 1. The highest BCUT2D eigenvalue weighted by Crippen LogP contribution is 2.35. The van der Waals surface area contributed by atoms with Gasteiger partial charge in [-0.3, -0.25) is 53.6 Å². The number of benzene rings is 3. The number of aryl methyl sites for hydroxylation is 2. The first kappa shape index (κ1) is 47.8. The molecule has 3 fully saturated rings. The first-order valence-corrected chi connectivity index (χ1v) is 23.5. The number of nitrogens with zero attached hydrogens (tertiary/aromatic N) is 4. The van der Waals surface area contributed by atoms with E-state index in [0.29, 0.717) is 43.5 Å². The Morgan fingerprint density at radius 2 is 1.59 bits per heavy atom. The molecule has 0 spiro atoms. The summed E-state index contributed by atoms with van der Waals surface area (Å²) in [6.45, 7) is 14.4. The zero-order valence-corrected chi connectivity index (χ0v) is 39.2. The van der Waals surface area contributed by atoms with Crippen molar-refractivity contribution in [3.05, 3.63) is 116 Å². The third-order valence-electron chi connectivity index (χ3n) is 13.5. The molecule has 3 aromatic carbocycles. The van der Waals surface area contributed by atoms with Crippen molar-refractivity contribution >= 4 is 41.1 Å². The monoisotopic (exact) mass is 928 g/mol. The minimum Gasteiger partial charge on any atom is -0.491 e. The molecule has 1 unspecified atom stereocenters. The standard InChI is InChI=1S/C51H60N8O9/c1-5-58(37-15-22-67-23-16-37)42-27-36(26-39(33(42)4)47(62)53-28-40-31(2)25-32(3)54-48(40)63)35-11-9-34(10-12-35)29-56-18-20-57(21-19-56)30-45(61)52-17-24-68-43-8-6-7-38-46(43)51(66)59(50(38)65)41-13-14-44(60)55-49(41)64/h6-12,25-27,37,41H,5,13-24,28-30H2,1-4H3,(H,52,61)(H,53,62)(H,54,63)(H,55,60,64). The highest BCUT2D eigenvalue weighted by molar-refractivity contribution is 6.24. The number of amides is 6. The highest BCUT2D eigenvalue weighted by atomic mass is 16.5. The van der Waals surface area contributed by atoms with E-state index in [-0.39, 0.29) is 73.3 Å². The van der Waals surface area contributed by atoms with E-state index >= 15 is 0 Å². The van der Waals surface area contributed by atoms with E-state index in [1.807, 2.05) is 32.9 Å². The van der Waals surface area contributed by atoms with E-state index in [1.165, 1.54) is 6.07 Å². The van der Waals surface area contributed by atoms with Gasteiger partial charge in [-0.2, -0.15) is 0 Å². The fourth-order valence-corrected chi connectivity index (χ4v) is 9.77. The molecule has 0 saturated carbocycles. The first-order chi connectivity index (χ1) is 32.8. The van der Waals surface area contributed by atoms with E-state index in [9.17, 15) is 33.6 Å². The first-order valence-electron chi connectivity index (χ1n) is 23.5. The van der Waals surface area contributed by atoms with Crippen LogP contribution in [0.2, 0.25) is 0 Å². The third-order valence-corrected chi connectivity index (χ3v) is 13.5. The van der Waals surface area contributed by atoms with Crippen LogP contribution in [-0.4, -0.2) is 133 Å². The Labute approximate surface area is 395 Å². The van der Waals surface area contributed by atoms with Crippen molar-refractivity contribution in [1.82, 2.24) is 35.6 Å². The maximum atomic E-state index is 14.0. The van der Waals surface area contributed by atoms with Gasteiger partial charge in [-0.1, -0.05) is 30.3 Å². The molecule has 3 saturated heterocycles. The Kier molecular flexibility index (Phi) is 14.8. The highest BCUT2D eigenvalue weighted by Gasteiger charge is 2.46. The number of piperazine rings is 1. The second-order valence-corrected chi connectivity index (χ2v) is 18.0. The van der Waals surface area contributed by atoms with Gasteiger partial charge < -0.3 is 30.0 Å². The third kappa shape index (κ3) is 10.5. The van der Waals surface area contributed by atoms with Crippen LogP contribution in [0, 0.1) is 20.8 Å². The summed E-state index contributed by atoms with van der Waals surface area (Å²) in [6.07, 6.45) is 1.90. The molecule has 0 aliphatic carbocycles. The fraction of sp³-hybridized carbons (Fsp3) is 0.431. The molecule has 0 bridgehead atoms. The summed E-state index contributed by atoms with van der Waals surface area (Å²) >= 11 is 0. The number of ether oxygens (including phenoxy) is 2. The van der Waals surface area contributed by atoms with E-state index < -0.39 is 29.7 Å². The van der Waals surface area contributed by atoms with Gasteiger partial charge in [0.05, 0.1) is 24.2 Å². The summed E-state index contributed by atoms with van der Waals surface area (Å²) in [5, 5.41) is 8.11. The molecular formula is C51H60N8O9. The quantitative estimate of drug-likeness (QED) is 0.0941. The lowest BCUT2D eigenvalue weighted by atomic mass is 9.94. The minimum absolute atomic E-state index is 0.0275. The Morgan fingerprint density at radius 1 is 0.853 bits per heavy atom. The van der Waals surface area contributed by atoms with Crippen LogP contribution in [0.3, 0.4) is 0 Å². The Bertz CT molecular complexity index is 2650. The van der Waals surface area contributed by atoms with E-state index in [0.717, 1.165) is 83.1 Å². The smallest absolute Gasteiger partial charge is 0.266 e. The molecule has 4 aromatic rings. The number of carbonyl (C=O) groups excluding carboxylic acids is 6. The number of piperidine rings is 1. The van der Waals surface area contributed by atoms with Crippen LogP contribution in [-0.2, 0) is 32.2 Å². The summed E-state index contributed by atoms with van der Waals surface area (Å²) in [7, 11) is 0. The normalized spacial score (nSPS) is 18.1. The summed E-state index contributed by atoms with van der Waals surface area (Å²) < 4.78 is 11.6. The molecule has 5 heterocycles. The van der Waals surface area contributed by atoms with Gasteiger partial charge in [0, 0.05) is 94.0 Å². The molecule has 6 amide bonds. The van der Waals surface area contributed by atoms with Crippen molar-refractivity contribution in [3.63, 3.8) is 0 Å². The molecular weight excluding hydrogens is 869 g/mol. The predicted molar refractivity (Wildman–Crippen MR) is 255 cm³/mol. The molecule has 17 heteroatoms. The van der Waals surface area contributed by atoms with Gasteiger partial charge in [-0.05, 0) is 105 Å². The van der Waals surface area contributed by atoms with Gasteiger partial charge in [-0.15, -0.1) is 0 Å². The van der Waals surface area contributed by atoms with Crippen molar-refractivity contribution in [2.45, 2.75) is 78.6 Å². The topological polar surface area (TPSA) is 203 Å². The molecule has 358 valence electrons. The molecule has 4 aliphatic heterocycles. The number of hydrogen-bond acceptors (Lipinski definition) is 12. The van der Waals surface area contributed by atoms with Crippen LogP contribution < -0.4 is 31.1 Å².